The molecule has 0 saturated heterocycles. The van der Waals surface area contributed by atoms with Crippen molar-refractivity contribution in [2.45, 2.75) is 26.2 Å². The Morgan fingerprint density at radius 2 is 1.75 bits per heavy atom. The Balaban J connectivity index is 2.19. The lowest BCUT2D eigenvalue weighted by atomic mass is 9.99. The van der Waals surface area contributed by atoms with Crippen LogP contribution >= 0.6 is 15.9 Å². The Hall–Kier alpha value is -2.14. The fraction of sp³-hybridized carbons (Fsp3) is 0.263. The van der Waals surface area contributed by atoms with Crippen LogP contribution in [-0.2, 0) is 4.74 Å². The largest absolute Gasteiger partial charge is 0.465 e. The van der Waals surface area contributed by atoms with Crippen molar-refractivity contribution in [3.05, 3.63) is 63.6 Å². The molecule has 0 radical (unpaired) electrons. The molecule has 1 unspecified atom stereocenters. The maximum atomic E-state index is 12.3. The molecule has 0 amide bonds. The Bertz CT molecular complexity index is 755. The lowest BCUT2D eigenvalue weighted by molar-refractivity contribution is 0.0600. The molecule has 1 atom stereocenters. The fourth-order valence-corrected chi connectivity index (χ4v) is 2.67. The Kier molecular flexibility index (Phi) is 6.15. The molecule has 0 aliphatic heterocycles. The molecule has 2 aromatic rings. The van der Waals surface area contributed by atoms with E-state index in [-0.39, 0.29) is 5.56 Å². The molecule has 0 bridgehead atoms. The first-order valence-corrected chi connectivity index (χ1v) is 8.45. The molecule has 0 spiro atoms. The third kappa shape index (κ3) is 4.23. The van der Waals surface area contributed by atoms with Crippen LogP contribution in [0.5, 0.6) is 5.75 Å². The molecule has 0 saturated carbocycles. The summed E-state index contributed by atoms with van der Waals surface area (Å²) in [7, 11) is 1.29. The fourth-order valence-electron chi connectivity index (χ4n) is 2.19. The predicted molar refractivity (Wildman–Crippen MR) is 95.6 cm³/mol. The minimum Gasteiger partial charge on any atom is -0.465 e. The first-order valence-electron chi connectivity index (χ1n) is 7.66. The van der Waals surface area contributed by atoms with Gasteiger partial charge in [0.05, 0.1) is 22.7 Å². The number of methoxy groups -OCH3 is 1. The van der Waals surface area contributed by atoms with Gasteiger partial charge in [0.15, 0.2) is 0 Å². The van der Waals surface area contributed by atoms with Crippen LogP contribution in [0.2, 0.25) is 0 Å². The first kappa shape index (κ1) is 18.2. The second-order valence-corrected chi connectivity index (χ2v) is 6.32. The molecule has 0 aliphatic rings. The van der Waals surface area contributed by atoms with Crippen LogP contribution in [0.25, 0.3) is 0 Å². The highest BCUT2D eigenvalue weighted by atomic mass is 79.9. The lowest BCUT2D eigenvalue weighted by Gasteiger charge is -2.12. The number of carbonyl (C=O) groups excluding carboxylic acids is 2. The number of rotatable bonds is 5. The highest BCUT2D eigenvalue weighted by Crippen LogP contribution is 2.30. The van der Waals surface area contributed by atoms with Gasteiger partial charge in [0.1, 0.15) is 5.75 Å². The van der Waals surface area contributed by atoms with Gasteiger partial charge in [-0.15, -0.1) is 0 Å². The van der Waals surface area contributed by atoms with E-state index in [0.717, 1.165) is 10.9 Å². The van der Waals surface area contributed by atoms with Gasteiger partial charge in [-0.2, -0.15) is 0 Å². The average Bonchev–Trinajstić information content (AvgIpc) is 2.61. The molecular weight excluding hydrogens is 372 g/mol. The van der Waals surface area contributed by atoms with Gasteiger partial charge in [0.2, 0.25) is 0 Å². The molecule has 5 heteroatoms. The summed E-state index contributed by atoms with van der Waals surface area (Å²) in [5.41, 5.74) is 1.77. The van der Waals surface area contributed by atoms with Gasteiger partial charge in [0, 0.05) is 0 Å². The SMILES string of the molecule is CCC(C)c1ccc(OC(=O)c2cccc(C(=O)OC)c2)c(Br)c1. The normalized spacial score (nSPS) is 11.7. The minimum atomic E-state index is -0.530. The summed E-state index contributed by atoms with van der Waals surface area (Å²) in [4.78, 5) is 23.9. The third-order valence-corrected chi connectivity index (χ3v) is 4.48. The molecular formula is C19H19BrO4. The van der Waals surface area contributed by atoms with Crippen LogP contribution in [0.4, 0.5) is 0 Å². The first-order chi connectivity index (χ1) is 11.5. The number of esters is 2. The average molecular weight is 391 g/mol. The number of hydrogen-bond donors (Lipinski definition) is 0. The quantitative estimate of drug-likeness (QED) is 0.534. The molecule has 0 heterocycles. The van der Waals surface area contributed by atoms with Gasteiger partial charge < -0.3 is 9.47 Å². The lowest BCUT2D eigenvalue weighted by Crippen LogP contribution is -2.11. The Morgan fingerprint density at radius 1 is 1.08 bits per heavy atom. The van der Waals surface area contributed by atoms with Gasteiger partial charge in [-0.1, -0.05) is 26.0 Å². The zero-order valence-corrected chi connectivity index (χ0v) is 15.4. The highest BCUT2D eigenvalue weighted by Gasteiger charge is 2.15. The van der Waals surface area contributed by atoms with Crippen LogP contribution < -0.4 is 4.74 Å². The summed E-state index contributed by atoms with van der Waals surface area (Å²) in [6, 6.07) is 11.9. The standard InChI is InChI=1S/C19H19BrO4/c1-4-12(2)13-8-9-17(16(20)11-13)24-19(22)15-7-5-6-14(10-15)18(21)23-3/h5-12H,4H2,1-3H3. The van der Waals surface area contributed by atoms with Gasteiger partial charge >= 0.3 is 11.9 Å². The smallest absolute Gasteiger partial charge is 0.343 e. The van der Waals surface area contributed by atoms with Gasteiger partial charge in [-0.25, -0.2) is 9.59 Å². The number of carbonyl (C=O) groups is 2. The van der Waals surface area contributed by atoms with E-state index in [1.54, 1.807) is 24.3 Å². The van der Waals surface area contributed by atoms with Crippen LogP contribution in [0, 0.1) is 0 Å². The summed E-state index contributed by atoms with van der Waals surface area (Å²) in [6.07, 6.45) is 1.03. The minimum absolute atomic E-state index is 0.288. The molecule has 0 aliphatic carbocycles. The molecule has 0 aromatic heterocycles. The van der Waals surface area contributed by atoms with E-state index in [0.29, 0.717) is 17.2 Å². The van der Waals surface area contributed by atoms with E-state index in [4.69, 9.17) is 4.74 Å². The van der Waals surface area contributed by atoms with Gasteiger partial charge in [-0.3, -0.25) is 0 Å². The summed E-state index contributed by atoms with van der Waals surface area (Å²) in [5, 5.41) is 0. The monoisotopic (exact) mass is 390 g/mol. The van der Waals surface area contributed by atoms with Crippen molar-refractivity contribution in [1.82, 2.24) is 0 Å². The van der Waals surface area contributed by atoms with Gasteiger partial charge in [0.25, 0.3) is 0 Å². The van der Waals surface area contributed by atoms with E-state index in [1.165, 1.54) is 18.7 Å². The third-order valence-electron chi connectivity index (χ3n) is 3.86. The van der Waals surface area contributed by atoms with E-state index in [2.05, 4.69) is 34.5 Å². The van der Waals surface area contributed by atoms with Crippen molar-refractivity contribution in [3.8, 4) is 5.75 Å². The number of ether oxygens (including phenoxy) is 2. The molecule has 2 aromatic carbocycles. The van der Waals surface area contributed by atoms with Crippen molar-refractivity contribution in [2.24, 2.45) is 0 Å². The number of hydrogen-bond acceptors (Lipinski definition) is 4. The summed E-state index contributed by atoms with van der Waals surface area (Å²) < 4.78 is 10.8. The van der Waals surface area contributed by atoms with E-state index in [1.807, 2.05) is 12.1 Å². The van der Waals surface area contributed by atoms with Crippen molar-refractivity contribution >= 4 is 27.9 Å². The van der Waals surface area contributed by atoms with Crippen molar-refractivity contribution in [1.29, 1.82) is 0 Å². The predicted octanol–water partition coefficient (Wildman–Crippen LogP) is 4.97. The van der Waals surface area contributed by atoms with Crippen molar-refractivity contribution in [3.63, 3.8) is 0 Å². The van der Waals surface area contributed by atoms with Crippen LogP contribution in [0.15, 0.2) is 46.9 Å². The van der Waals surface area contributed by atoms with Crippen LogP contribution in [0.3, 0.4) is 0 Å². The molecule has 24 heavy (non-hydrogen) atoms. The summed E-state index contributed by atoms with van der Waals surface area (Å²) in [5.74, 6) is -0.153. The molecule has 126 valence electrons. The molecule has 2 rings (SSSR count). The number of halogens is 1. The topological polar surface area (TPSA) is 52.6 Å². The summed E-state index contributed by atoms with van der Waals surface area (Å²) in [6.45, 7) is 4.27. The highest BCUT2D eigenvalue weighted by molar-refractivity contribution is 9.10. The molecule has 4 nitrogen and oxygen atoms in total. The van der Waals surface area contributed by atoms with Gasteiger partial charge in [-0.05, 0) is 64.2 Å². The number of benzene rings is 2. The summed E-state index contributed by atoms with van der Waals surface area (Å²) >= 11 is 3.44. The zero-order chi connectivity index (χ0) is 17.7. The Labute approximate surface area is 149 Å². The second kappa shape index (κ2) is 8.11. The van der Waals surface area contributed by atoms with Crippen LogP contribution in [0.1, 0.15) is 52.5 Å². The van der Waals surface area contributed by atoms with E-state index < -0.39 is 11.9 Å². The van der Waals surface area contributed by atoms with Crippen LogP contribution in [-0.4, -0.2) is 19.0 Å². The Morgan fingerprint density at radius 3 is 2.33 bits per heavy atom. The maximum Gasteiger partial charge on any atom is 0.343 e. The van der Waals surface area contributed by atoms with Crippen molar-refractivity contribution < 1.29 is 19.1 Å². The van der Waals surface area contributed by atoms with E-state index >= 15 is 0 Å². The molecule has 0 N–H and O–H groups in total. The van der Waals surface area contributed by atoms with Crippen molar-refractivity contribution in [2.75, 3.05) is 7.11 Å². The maximum absolute atomic E-state index is 12.3. The van der Waals surface area contributed by atoms with E-state index in [9.17, 15) is 9.59 Å². The zero-order valence-electron chi connectivity index (χ0n) is 13.8. The molecule has 0 fully saturated rings. The second-order valence-electron chi connectivity index (χ2n) is 5.46.